The highest BCUT2D eigenvalue weighted by atomic mass is 19.1. The molecule has 2 rings (SSSR count). The minimum Gasteiger partial charge on any atom is -0.370 e. The minimum absolute atomic E-state index is 0.0972. The van der Waals surface area contributed by atoms with Gasteiger partial charge < -0.3 is 11.1 Å². The Morgan fingerprint density at radius 1 is 1.29 bits per heavy atom. The number of amides is 1. The molecular formula is C23H32FN3O. The molecular weight excluding hydrogens is 353 g/mol. The van der Waals surface area contributed by atoms with Crippen molar-refractivity contribution in [3.05, 3.63) is 52.1 Å². The Hall–Kier alpha value is -2.43. The van der Waals surface area contributed by atoms with Gasteiger partial charge in [-0.05, 0) is 74.3 Å². The molecule has 1 aromatic carbocycles. The van der Waals surface area contributed by atoms with Crippen LogP contribution in [-0.2, 0) is 0 Å². The van der Waals surface area contributed by atoms with Crippen molar-refractivity contribution in [3.8, 4) is 0 Å². The highest BCUT2D eigenvalue weighted by molar-refractivity contribution is 6.12. The second-order valence-electron chi connectivity index (χ2n) is 7.57. The van der Waals surface area contributed by atoms with Gasteiger partial charge in [-0.1, -0.05) is 31.9 Å². The molecule has 0 spiro atoms. The van der Waals surface area contributed by atoms with Gasteiger partial charge >= 0.3 is 0 Å². The van der Waals surface area contributed by atoms with Gasteiger partial charge in [0.25, 0.3) is 5.91 Å². The number of carbonyl (C=O) groups is 1. The second-order valence-corrected chi connectivity index (χ2v) is 7.57. The summed E-state index contributed by atoms with van der Waals surface area (Å²) in [7, 11) is 0. The van der Waals surface area contributed by atoms with Crippen LogP contribution in [0.25, 0.3) is 5.57 Å². The number of nitrogens with two attached hydrogens (primary N) is 1. The number of allylic oxidation sites excluding steroid dienone is 3. The van der Waals surface area contributed by atoms with Crippen molar-refractivity contribution in [2.24, 2.45) is 16.6 Å². The Labute approximate surface area is 167 Å². The zero-order valence-electron chi connectivity index (χ0n) is 17.4. The summed E-state index contributed by atoms with van der Waals surface area (Å²) in [6.45, 7) is 9.30. The lowest BCUT2D eigenvalue weighted by Gasteiger charge is -2.12. The fourth-order valence-corrected chi connectivity index (χ4v) is 2.99. The molecule has 1 fully saturated rings. The van der Waals surface area contributed by atoms with Crippen molar-refractivity contribution >= 4 is 17.7 Å². The SMILES string of the molecule is CCC/C(C)=C(/C=N\C(NCC1CC1)=C(/C)CC)c1ccc(F)c(C(N)=O)c1. The molecule has 0 aromatic heterocycles. The van der Waals surface area contributed by atoms with Gasteiger partial charge in [0.05, 0.1) is 5.56 Å². The van der Waals surface area contributed by atoms with E-state index in [9.17, 15) is 9.18 Å². The first-order chi connectivity index (χ1) is 13.4. The molecule has 0 bridgehead atoms. The van der Waals surface area contributed by atoms with Gasteiger partial charge in [0.2, 0.25) is 0 Å². The lowest BCUT2D eigenvalue weighted by Crippen LogP contribution is -2.17. The van der Waals surface area contributed by atoms with E-state index in [-0.39, 0.29) is 5.56 Å². The Balaban J connectivity index is 2.40. The summed E-state index contributed by atoms with van der Waals surface area (Å²) in [5, 5.41) is 3.47. The van der Waals surface area contributed by atoms with Crippen molar-refractivity contribution in [2.75, 3.05) is 6.54 Å². The summed E-state index contributed by atoms with van der Waals surface area (Å²) in [5.41, 5.74) is 9.22. The van der Waals surface area contributed by atoms with Crippen LogP contribution in [0.2, 0.25) is 0 Å². The van der Waals surface area contributed by atoms with E-state index in [1.165, 1.54) is 30.5 Å². The molecule has 0 aliphatic heterocycles. The van der Waals surface area contributed by atoms with Crippen LogP contribution in [0, 0.1) is 11.7 Å². The third kappa shape index (κ3) is 6.04. The molecule has 5 heteroatoms. The van der Waals surface area contributed by atoms with Crippen molar-refractivity contribution in [3.63, 3.8) is 0 Å². The quantitative estimate of drug-likeness (QED) is 0.543. The Morgan fingerprint density at radius 2 is 2.00 bits per heavy atom. The summed E-state index contributed by atoms with van der Waals surface area (Å²) < 4.78 is 13.9. The summed E-state index contributed by atoms with van der Waals surface area (Å²) in [5.74, 6) is 0.279. The fourth-order valence-electron chi connectivity index (χ4n) is 2.99. The van der Waals surface area contributed by atoms with Crippen LogP contribution in [0.4, 0.5) is 4.39 Å². The monoisotopic (exact) mass is 385 g/mol. The smallest absolute Gasteiger partial charge is 0.251 e. The molecule has 1 amide bonds. The lowest BCUT2D eigenvalue weighted by atomic mass is 9.97. The van der Waals surface area contributed by atoms with Gasteiger partial charge in [0, 0.05) is 12.8 Å². The summed E-state index contributed by atoms with van der Waals surface area (Å²) >= 11 is 0. The van der Waals surface area contributed by atoms with Crippen LogP contribution >= 0.6 is 0 Å². The zero-order valence-corrected chi connectivity index (χ0v) is 17.4. The maximum absolute atomic E-state index is 13.9. The highest BCUT2D eigenvalue weighted by Gasteiger charge is 2.21. The predicted octanol–water partition coefficient (Wildman–Crippen LogP) is 5.21. The number of primary amides is 1. The Kier molecular flexibility index (Phi) is 7.97. The average molecular weight is 386 g/mol. The van der Waals surface area contributed by atoms with E-state index in [2.05, 4.69) is 26.1 Å². The molecule has 1 aliphatic carbocycles. The van der Waals surface area contributed by atoms with E-state index in [1.807, 2.05) is 13.1 Å². The van der Waals surface area contributed by atoms with Crippen LogP contribution in [0.5, 0.6) is 0 Å². The van der Waals surface area contributed by atoms with Crippen molar-refractivity contribution in [2.45, 2.75) is 59.8 Å². The van der Waals surface area contributed by atoms with E-state index in [0.717, 1.165) is 54.3 Å². The summed E-state index contributed by atoms with van der Waals surface area (Å²) in [6, 6.07) is 4.49. The zero-order chi connectivity index (χ0) is 20.7. The predicted molar refractivity (Wildman–Crippen MR) is 115 cm³/mol. The summed E-state index contributed by atoms with van der Waals surface area (Å²) in [6.07, 6.45) is 7.19. The van der Waals surface area contributed by atoms with E-state index in [1.54, 1.807) is 6.07 Å². The molecule has 0 heterocycles. The van der Waals surface area contributed by atoms with Crippen molar-refractivity contribution in [1.29, 1.82) is 0 Å². The number of benzene rings is 1. The van der Waals surface area contributed by atoms with Crippen LogP contribution in [0.1, 0.15) is 75.7 Å². The maximum Gasteiger partial charge on any atom is 0.251 e. The maximum atomic E-state index is 13.9. The lowest BCUT2D eigenvalue weighted by molar-refractivity contribution is 0.0996. The first-order valence-corrected chi connectivity index (χ1v) is 10.1. The average Bonchev–Trinajstić information content (AvgIpc) is 3.49. The van der Waals surface area contributed by atoms with Gasteiger partial charge in [-0.15, -0.1) is 0 Å². The molecule has 0 atom stereocenters. The van der Waals surface area contributed by atoms with E-state index in [0.29, 0.717) is 0 Å². The standard InChI is InChI=1S/C23H32FN3O/c1-5-7-16(4)20(18-10-11-21(24)19(12-18)22(25)28)14-27-23(15(3)6-2)26-13-17-8-9-17/h10-12,14,17,26H,5-9,13H2,1-4H3,(H2,25,28)/b20-16-,23-15+,27-14-. The number of carbonyl (C=O) groups excluding carboxylic acids is 1. The molecule has 1 saturated carbocycles. The number of aliphatic imine (C=N–C) groups is 1. The number of nitrogens with zero attached hydrogens (tertiary/aromatic N) is 1. The van der Waals surface area contributed by atoms with Crippen molar-refractivity contribution in [1.82, 2.24) is 5.32 Å². The van der Waals surface area contributed by atoms with Crippen LogP contribution in [-0.4, -0.2) is 18.7 Å². The van der Waals surface area contributed by atoms with Gasteiger partial charge in [-0.2, -0.15) is 0 Å². The molecule has 0 radical (unpaired) electrons. The first kappa shape index (κ1) is 21.9. The van der Waals surface area contributed by atoms with E-state index < -0.39 is 11.7 Å². The molecule has 1 aliphatic rings. The fraction of sp³-hybridized carbons (Fsp3) is 0.478. The van der Waals surface area contributed by atoms with Crippen molar-refractivity contribution < 1.29 is 9.18 Å². The normalized spacial score (nSPS) is 16.0. The van der Waals surface area contributed by atoms with Crippen LogP contribution in [0.3, 0.4) is 0 Å². The van der Waals surface area contributed by atoms with Gasteiger partial charge in [0.15, 0.2) is 0 Å². The number of hydrogen-bond donors (Lipinski definition) is 2. The molecule has 0 saturated heterocycles. The third-order valence-corrected chi connectivity index (χ3v) is 5.14. The number of nitrogens with one attached hydrogen (secondary N) is 1. The topological polar surface area (TPSA) is 67.5 Å². The third-order valence-electron chi connectivity index (χ3n) is 5.14. The first-order valence-electron chi connectivity index (χ1n) is 10.1. The molecule has 0 unspecified atom stereocenters. The van der Waals surface area contributed by atoms with E-state index in [4.69, 9.17) is 10.7 Å². The largest absolute Gasteiger partial charge is 0.370 e. The molecule has 3 N–H and O–H groups in total. The van der Waals surface area contributed by atoms with Gasteiger partial charge in [0.1, 0.15) is 11.6 Å². The summed E-state index contributed by atoms with van der Waals surface area (Å²) in [4.78, 5) is 16.3. The minimum atomic E-state index is -0.766. The van der Waals surface area contributed by atoms with Crippen LogP contribution in [0.15, 0.2) is 40.2 Å². The number of halogens is 1. The number of hydrogen-bond acceptors (Lipinski definition) is 3. The second kappa shape index (κ2) is 10.2. The van der Waals surface area contributed by atoms with Gasteiger partial charge in [-0.3, -0.25) is 4.79 Å². The molecule has 4 nitrogen and oxygen atoms in total. The van der Waals surface area contributed by atoms with Crippen LogP contribution < -0.4 is 11.1 Å². The number of rotatable bonds is 10. The highest BCUT2D eigenvalue weighted by Crippen LogP contribution is 2.28. The Bertz CT molecular complexity index is 804. The van der Waals surface area contributed by atoms with E-state index >= 15 is 0 Å². The van der Waals surface area contributed by atoms with Gasteiger partial charge in [-0.25, -0.2) is 9.38 Å². The molecule has 28 heavy (non-hydrogen) atoms. The molecule has 1 aromatic rings. The Morgan fingerprint density at radius 3 is 2.57 bits per heavy atom. The molecule has 152 valence electrons.